The summed E-state index contributed by atoms with van der Waals surface area (Å²) in [5, 5.41) is 21.7. The summed E-state index contributed by atoms with van der Waals surface area (Å²) in [6, 6.07) is 5.49. The van der Waals surface area contributed by atoms with Gasteiger partial charge in [0.15, 0.2) is 11.5 Å². The molecule has 0 amide bonds. The van der Waals surface area contributed by atoms with Gasteiger partial charge in [-0.25, -0.2) is 4.98 Å². The van der Waals surface area contributed by atoms with E-state index < -0.39 is 41.2 Å². The number of esters is 1. The number of Topliss-reactive ketones (excluding diaryl/α,β-unsaturated/α-hetero) is 1. The van der Waals surface area contributed by atoms with Crippen molar-refractivity contribution < 1.29 is 33.7 Å². The van der Waals surface area contributed by atoms with Crippen LogP contribution in [0.25, 0.3) is 11.1 Å². The highest BCUT2D eigenvalue weighted by Crippen LogP contribution is 2.46. The summed E-state index contributed by atoms with van der Waals surface area (Å²) in [6.45, 7) is 10.5. The SMILES string of the molecule is Cc1nc2cc([C@@H]3CC4OC4(C)C/C=C/[C@H](C)[C@H](O)[C@@H](C)C(=O)C(C)(C)[C@@H](O)CC(=O)O3)ccc2o1. The first-order valence-corrected chi connectivity index (χ1v) is 12.6. The van der Waals surface area contributed by atoms with E-state index in [0.29, 0.717) is 29.8 Å². The maximum atomic E-state index is 13.2. The molecule has 7 atom stereocenters. The molecule has 4 rings (SSSR count). The van der Waals surface area contributed by atoms with Crippen LogP contribution >= 0.6 is 0 Å². The molecule has 8 nitrogen and oxygen atoms in total. The minimum Gasteiger partial charge on any atom is -0.457 e. The van der Waals surface area contributed by atoms with Crippen LogP contribution < -0.4 is 0 Å². The molecule has 0 bridgehead atoms. The molecular formula is C28H37NO7. The number of carbonyl (C=O) groups excluding carboxylic acids is 2. The lowest BCUT2D eigenvalue weighted by molar-refractivity contribution is -0.156. The fraction of sp³-hybridized carbons (Fsp3) is 0.607. The van der Waals surface area contributed by atoms with Crippen LogP contribution in [0.4, 0.5) is 0 Å². The molecule has 1 aromatic carbocycles. The van der Waals surface area contributed by atoms with Crippen LogP contribution in [0, 0.1) is 24.2 Å². The summed E-state index contributed by atoms with van der Waals surface area (Å²) in [7, 11) is 0. The van der Waals surface area contributed by atoms with Gasteiger partial charge in [0.1, 0.15) is 17.4 Å². The molecule has 3 heterocycles. The average Bonchev–Trinajstić information content (AvgIpc) is 3.28. The number of nitrogens with zero attached hydrogens (tertiary/aromatic N) is 1. The van der Waals surface area contributed by atoms with E-state index in [9.17, 15) is 19.8 Å². The molecule has 2 aliphatic rings. The van der Waals surface area contributed by atoms with Crippen molar-refractivity contribution in [1.29, 1.82) is 0 Å². The number of cyclic esters (lactones) is 1. The molecule has 2 aliphatic heterocycles. The van der Waals surface area contributed by atoms with Gasteiger partial charge < -0.3 is 24.1 Å². The summed E-state index contributed by atoms with van der Waals surface area (Å²) in [6.07, 6.45) is 1.67. The lowest BCUT2D eigenvalue weighted by Crippen LogP contribution is -2.45. The zero-order chi connectivity index (χ0) is 26.4. The molecule has 2 N–H and O–H groups in total. The van der Waals surface area contributed by atoms with Gasteiger partial charge in [0, 0.05) is 25.2 Å². The largest absolute Gasteiger partial charge is 0.457 e. The number of epoxide rings is 1. The number of hydrogen-bond acceptors (Lipinski definition) is 8. The molecule has 1 aromatic heterocycles. The van der Waals surface area contributed by atoms with E-state index in [2.05, 4.69) is 4.98 Å². The van der Waals surface area contributed by atoms with Crippen LogP contribution in [0.1, 0.15) is 71.4 Å². The van der Waals surface area contributed by atoms with Crippen molar-refractivity contribution in [3.8, 4) is 0 Å². The van der Waals surface area contributed by atoms with Crippen molar-refractivity contribution in [2.45, 2.75) is 90.8 Å². The van der Waals surface area contributed by atoms with Crippen LogP contribution in [0.5, 0.6) is 0 Å². The Morgan fingerprint density at radius 3 is 2.56 bits per heavy atom. The van der Waals surface area contributed by atoms with Crippen molar-refractivity contribution in [3.05, 3.63) is 41.8 Å². The lowest BCUT2D eigenvalue weighted by Gasteiger charge is -2.34. The maximum Gasteiger partial charge on any atom is 0.309 e. The van der Waals surface area contributed by atoms with E-state index in [0.717, 1.165) is 5.56 Å². The van der Waals surface area contributed by atoms with Crippen LogP contribution in [0.15, 0.2) is 34.8 Å². The van der Waals surface area contributed by atoms with Crippen molar-refractivity contribution >= 4 is 22.9 Å². The monoisotopic (exact) mass is 499 g/mol. The summed E-state index contributed by atoms with van der Waals surface area (Å²) in [4.78, 5) is 30.6. The maximum absolute atomic E-state index is 13.2. The van der Waals surface area contributed by atoms with Gasteiger partial charge in [-0.1, -0.05) is 45.9 Å². The van der Waals surface area contributed by atoms with E-state index in [-0.39, 0.29) is 24.2 Å². The number of aliphatic hydroxyl groups excluding tert-OH is 2. The number of fused-ring (bicyclic) bond motifs is 2. The molecule has 2 aromatic rings. The highest BCUT2D eigenvalue weighted by atomic mass is 16.6. The average molecular weight is 500 g/mol. The summed E-state index contributed by atoms with van der Waals surface area (Å²) in [5.74, 6) is -1.35. The second kappa shape index (κ2) is 9.72. The fourth-order valence-electron chi connectivity index (χ4n) is 5.09. The number of aryl methyl sites for hydroxylation is 1. The Morgan fingerprint density at radius 2 is 1.83 bits per heavy atom. The zero-order valence-corrected chi connectivity index (χ0v) is 21.9. The first-order chi connectivity index (χ1) is 16.8. The number of aromatic nitrogens is 1. The summed E-state index contributed by atoms with van der Waals surface area (Å²) in [5.41, 5.74) is 0.415. The Bertz CT molecular complexity index is 1170. The number of oxazole rings is 1. The van der Waals surface area contributed by atoms with E-state index in [1.54, 1.807) is 33.8 Å². The third-order valence-corrected chi connectivity index (χ3v) is 7.88. The number of ether oxygens (including phenoxy) is 2. The van der Waals surface area contributed by atoms with Gasteiger partial charge in [-0.05, 0) is 31.0 Å². The second-order valence-corrected chi connectivity index (χ2v) is 11.2. The van der Waals surface area contributed by atoms with E-state index >= 15 is 0 Å². The summed E-state index contributed by atoms with van der Waals surface area (Å²) >= 11 is 0. The van der Waals surface area contributed by atoms with Crippen molar-refractivity contribution in [3.63, 3.8) is 0 Å². The Kier molecular flexibility index (Phi) is 7.16. The molecule has 0 radical (unpaired) electrons. The molecule has 196 valence electrons. The van der Waals surface area contributed by atoms with Gasteiger partial charge in [0.25, 0.3) is 0 Å². The van der Waals surface area contributed by atoms with Gasteiger partial charge >= 0.3 is 5.97 Å². The third-order valence-electron chi connectivity index (χ3n) is 7.88. The van der Waals surface area contributed by atoms with E-state index in [1.165, 1.54) is 0 Å². The van der Waals surface area contributed by atoms with Crippen molar-refractivity contribution in [1.82, 2.24) is 4.98 Å². The Labute approximate surface area is 211 Å². The van der Waals surface area contributed by atoms with Gasteiger partial charge in [-0.2, -0.15) is 0 Å². The Hall–Kier alpha value is -2.55. The topological polar surface area (TPSA) is 122 Å². The molecule has 0 spiro atoms. The van der Waals surface area contributed by atoms with Crippen LogP contribution in [0.3, 0.4) is 0 Å². The second-order valence-electron chi connectivity index (χ2n) is 11.2. The molecule has 0 aliphatic carbocycles. The molecular weight excluding hydrogens is 462 g/mol. The first-order valence-electron chi connectivity index (χ1n) is 12.6. The van der Waals surface area contributed by atoms with Gasteiger partial charge in [0.05, 0.1) is 35.7 Å². The molecule has 36 heavy (non-hydrogen) atoms. The predicted molar refractivity (Wildman–Crippen MR) is 133 cm³/mol. The van der Waals surface area contributed by atoms with Crippen LogP contribution in [-0.2, 0) is 19.1 Å². The van der Waals surface area contributed by atoms with Crippen molar-refractivity contribution in [2.75, 3.05) is 0 Å². The minimum absolute atomic E-state index is 0.135. The zero-order valence-electron chi connectivity index (χ0n) is 21.9. The number of rotatable bonds is 1. The first kappa shape index (κ1) is 26.5. The normalized spacial score (nSPS) is 36.8. The quantitative estimate of drug-likeness (QED) is 0.340. The van der Waals surface area contributed by atoms with Crippen molar-refractivity contribution in [2.24, 2.45) is 17.3 Å². The van der Waals surface area contributed by atoms with Crippen LogP contribution in [0.2, 0.25) is 0 Å². The summed E-state index contributed by atoms with van der Waals surface area (Å²) < 4.78 is 17.5. The Balaban J connectivity index is 1.65. The third kappa shape index (κ3) is 5.26. The number of aliphatic hydroxyl groups is 2. The molecule has 1 saturated heterocycles. The predicted octanol–water partition coefficient (Wildman–Crippen LogP) is 4.21. The van der Waals surface area contributed by atoms with Gasteiger partial charge in [0.2, 0.25) is 0 Å². The van der Waals surface area contributed by atoms with Gasteiger partial charge in [-0.3, -0.25) is 9.59 Å². The molecule has 1 fully saturated rings. The van der Waals surface area contributed by atoms with Gasteiger partial charge in [-0.15, -0.1) is 0 Å². The number of hydrogen-bond donors (Lipinski definition) is 2. The Morgan fingerprint density at radius 1 is 1.11 bits per heavy atom. The highest BCUT2D eigenvalue weighted by molar-refractivity contribution is 5.88. The minimum atomic E-state index is -1.27. The fourth-order valence-corrected chi connectivity index (χ4v) is 5.09. The number of benzene rings is 1. The highest BCUT2D eigenvalue weighted by Gasteiger charge is 2.52. The van der Waals surface area contributed by atoms with Crippen LogP contribution in [-0.4, -0.2) is 50.9 Å². The standard InChI is InChI=1S/C28H37NO7/c1-15-8-7-11-28(6)23(36-28)13-21(18-9-10-20-19(12-18)29-17(3)34-20)35-24(31)14-22(30)27(4,5)26(33)16(2)25(15)32/h7-10,12,15-16,21-23,25,30,32H,11,13-14H2,1-6H3/b8-7+/t15-,16+,21-,22-,23?,25-,28?/m0/s1. The van der Waals surface area contributed by atoms with E-state index in [4.69, 9.17) is 13.9 Å². The number of ketones is 1. The smallest absolute Gasteiger partial charge is 0.309 e. The number of carbonyl (C=O) groups is 2. The van der Waals surface area contributed by atoms with E-state index in [1.807, 2.05) is 38.1 Å². The molecule has 8 heteroatoms. The molecule has 2 unspecified atom stereocenters. The molecule has 0 saturated carbocycles. The lowest BCUT2D eigenvalue weighted by atomic mass is 9.73.